The molecule has 2 heterocycles. The molecule has 1 atom stereocenters. The van der Waals surface area contributed by atoms with Crippen molar-refractivity contribution in [3.8, 4) is 0 Å². The van der Waals surface area contributed by atoms with E-state index >= 15 is 0 Å². The van der Waals surface area contributed by atoms with Crippen molar-refractivity contribution in [1.29, 1.82) is 0 Å². The van der Waals surface area contributed by atoms with E-state index < -0.39 is 0 Å². The second-order valence-corrected chi connectivity index (χ2v) is 8.35. The van der Waals surface area contributed by atoms with Crippen molar-refractivity contribution in [3.05, 3.63) is 35.9 Å². The van der Waals surface area contributed by atoms with Crippen molar-refractivity contribution in [2.45, 2.75) is 51.1 Å². The Bertz CT molecular complexity index is 564. The lowest BCUT2D eigenvalue weighted by atomic mass is 9.90. The minimum Gasteiger partial charge on any atom is -0.347 e. The van der Waals surface area contributed by atoms with Crippen LogP contribution < -0.4 is 5.32 Å². The molecule has 2 aliphatic heterocycles. The van der Waals surface area contributed by atoms with Crippen LogP contribution in [0.2, 0.25) is 0 Å². The minimum absolute atomic E-state index is 0.122. The predicted molar refractivity (Wildman–Crippen MR) is 102 cm³/mol. The molecule has 0 bridgehead atoms. The molecule has 0 saturated carbocycles. The maximum atomic E-state index is 12.9. The Morgan fingerprint density at radius 1 is 1.08 bits per heavy atom. The number of amides is 1. The van der Waals surface area contributed by atoms with E-state index in [4.69, 9.17) is 0 Å². The maximum absolute atomic E-state index is 12.9. The third-order valence-electron chi connectivity index (χ3n) is 5.96. The van der Waals surface area contributed by atoms with Gasteiger partial charge in [0.1, 0.15) is 0 Å². The summed E-state index contributed by atoms with van der Waals surface area (Å²) in [5.41, 5.74) is 0.833. The molecule has 2 fully saturated rings. The van der Waals surface area contributed by atoms with Crippen LogP contribution in [0.25, 0.3) is 0 Å². The van der Waals surface area contributed by atoms with Gasteiger partial charge < -0.3 is 10.2 Å². The van der Waals surface area contributed by atoms with E-state index in [0.717, 1.165) is 31.5 Å². The highest BCUT2D eigenvalue weighted by atomic mass is 16.2. The summed E-state index contributed by atoms with van der Waals surface area (Å²) in [5.74, 6) is 0.336. The monoisotopic (exact) mass is 343 g/mol. The normalized spacial score (nSPS) is 24.2. The predicted octanol–water partition coefficient (Wildman–Crippen LogP) is 2.84. The van der Waals surface area contributed by atoms with E-state index in [1.807, 2.05) is 18.2 Å². The van der Waals surface area contributed by atoms with Crippen molar-refractivity contribution < 1.29 is 4.79 Å². The van der Waals surface area contributed by atoms with E-state index in [1.54, 1.807) is 0 Å². The quantitative estimate of drug-likeness (QED) is 0.913. The number of piperidine rings is 2. The third kappa shape index (κ3) is 4.62. The van der Waals surface area contributed by atoms with Gasteiger partial charge in [0.15, 0.2) is 0 Å². The molecule has 138 valence electrons. The van der Waals surface area contributed by atoms with Crippen LogP contribution in [-0.2, 0) is 10.3 Å². The van der Waals surface area contributed by atoms with E-state index in [2.05, 4.69) is 48.1 Å². The standard InChI is InChI=1S/C21H33N3O/c1-21(2,18-9-5-4-6-10-18)22-20(25)17-8-7-13-24(16-17)19-11-14-23(3)15-12-19/h4-6,9-10,17,19H,7-8,11-16H2,1-3H3,(H,22,25)/t17-/m1/s1. The van der Waals surface area contributed by atoms with Gasteiger partial charge in [0, 0.05) is 12.6 Å². The molecule has 4 heteroatoms. The van der Waals surface area contributed by atoms with E-state index in [0.29, 0.717) is 6.04 Å². The Kier molecular flexibility index (Phi) is 5.80. The Labute approximate surface area is 152 Å². The highest BCUT2D eigenvalue weighted by Gasteiger charge is 2.33. The molecular weight excluding hydrogens is 310 g/mol. The lowest BCUT2D eigenvalue weighted by Gasteiger charge is -2.42. The Morgan fingerprint density at radius 3 is 2.44 bits per heavy atom. The maximum Gasteiger partial charge on any atom is 0.225 e. The average Bonchev–Trinajstić information content (AvgIpc) is 2.63. The van der Waals surface area contributed by atoms with Gasteiger partial charge in [0.2, 0.25) is 5.91 Å². The zero-order valence-corrected chi connectivity index (χ0v) is 16.0. The minimum atomic E-state index is -0.325. The van der Waals surface area contributed by atoms with Crippen LogP contribution in [-0.4, -0.2) is 55.0 Å². The van der Waals surface area contributed by atoms with Gasteiger partial charge in [-0.2, -0.15) is 0 Å². The first-order valence-electron chi connectivity index (χ1n) is 9.76. The second-order valence-electron chi connectivity index (χ2n) is 8.35. The van der Waals surface area contributed by atoms with Gasteiger partial charge in [-0.1, -0.05) is 30.3 Å². The summed E-state index contributed by atoms with van der Waals surface area (Å²) in [6.07, 6.45) is 4.62. The van der Waals surface area contributed by atoms with Crippen molar-refractivity contribution in [3.63, 3.8) is 0 Å². The summed E-state index contributed by atoms with van der Waals surface area (Å²) >= 11 is 0. The second kappa shape index (κ2) is 7.88. The van der Waals surface area contributed by atoms with Crippen molar-refractivity contribution in [2.75, 3.05) is 33.2 Å². The number of nitrogens with one attached hydrogen (secondary N) is 1. The summed E-state index contributed by atoms with van der Waals surface area (Å²) in [6.45, 7) is 8.62. The smallest absolute Gasteiger partial charge is 0.225 e. The molecule has 25 heavy (non-hydrogen) atoms. The molecular formula is C21H33N3O. The van der Waals surface area contributed by atoms with Gasteiger partial charge in [0.25, 0.3) is 0 Å². The molecule has 2 saturated heterocycles. The topological polar surface area (TPSA) is 35.6 Å². The summed E-state index contributed by atoms with van der Waals surface area (Å²) < 4.78 is 0. The number of rotatable bonds is 4. The molecule has 0 aromatic heterocycles. The molecule has 3 rings (SSSR count). The molecule has 2 aliphatic rings. The molecule has 1 aromatic rings. The Balaban J connectivity index is 1.58. The number of likely N-dealkylation sites (tertiary alicyclic amines) is 2. The van der Waals surface area contributed by atoms with E-state index in [1.165, 1.54) is 25.9 Å². The molecule has 1 N–H and O–H groups in total. The molecule has 1 aromatic carbocycles. The number of carbonyl (C=O) groups is 1. The van der Waals surface area contributed by atoms with Crippen molar-refractivity contribution in [1.82, 2.24) is 15.1 Å². The summed E-state index contributed by atoms with van der Waals surface area (Å²) in [5, 5.41) is 3.30. The molecule has 4 nitrogen and oxygen atoms in total. The van der Waals surface area contributed by atoms with Crippen LogP contribution in [0, 0.1) is 5.92 Å². The number of hydrogen-bond acceptors (Lipinski definition) is 3. The van der Waals surface area contributed by atoms with Gasteiger partial charge in [0.05, 0.1) is 11.5 Å². The first-order chi connectivity index (χ1) is 12.0. The van der Waals surface area contributed by atoms with Gasteiger partial charge in [-0.15, -0.1) is 0 Å². The molecule has 0 unspecified atom stereocenters. The number of carbonyl (C=O) groups excluding carboxylic acids is 1. The van der Waals surface area contributed by atoms with E-state index in [9.17, 15) is 4.79 Å². The van der Waals surface area contributed by atoms with Gasteiger partial charge >= 0.3 is 0 Å². The molecule has 1 amide bonds. The zero-order valence-electron chi connectivity index (χ0n) is 16.0. The lowest BCUT2D eigenvalue weighted by Crippen LogP contribution is -2.52. The highest BCUT2D eigenvalue weighted by Crippen LogP contribution is 2.26. The van der Waals surface area contributed by atoms with Crippen LogP contribution in [0.15, 0.2) is 30.3 Å². The molecule has 0 radical (unpaired) electrons. The van der Waals surface area contributed by atoms with Crippen molar-refractivity contribution >= 4 is 5.91 Å². The lowest BCUT2D eigenvalue weighted by molar-refractivity contribution is -0.129. The van der Waals surface area contributed by atoms with Gasteiger partial charge in [-0.3, -0.25) is 9.69 Å². The number of hydrogen-bond donors (Lipinski definition) is 1. The van der Waals surface area contributed by atoms with Crippen LogP contribution in [0.3, 0.4) is 0 Å². The van der Waals surface area contributed by atoms with Gasteiger partial charge in [-0.25, -0.2) is 0 Å². The number of nitrogens with zero attached hydrogens (tertiary/aromatic N) is 2. The Morgan fingerprint density at radius 2 is 1.76 bits per heavy atom. The summed E-state index contributed by atoms with van der Waals surface area (Å²) in [6, 6.07) is 10.9. The molecule has 0 aliphatic carbocycles. The largest absolute Gasteiger partial charge is 0.347 e. The number of benzene rings is 1. The molecule has 0 spiro atoms. The fourth-order valence-corrected chi connectivity index (χ4v) is 4.25. The fourth-order valence-electron chi connectivity index (χ4n) is 4.25. The van der Waals surface area contributed by atoms with Crippen LogP contribution in [0.5, 0.6) is 0 Å². The highest BCUT2D eigenvalue weighted by molar-refractivity contribution is 5.80. The SMILES string of the molecule is CN1CCC(N2CCC[C@@H](C(=O)NC(C)(C)c3ccccc3)C2)CC1. The van der Waals surface area contributed by atoms with E-state index in [-0.39, 0.29) is 17.4 Å². The third-order valence-corrected chi connectivity index (χ3v) is 5.96. The fraction of sp³-hybridized carbons (Fsp3) is 0.667. The van der Waals surface area contributed by atoms with Crippen LogP contribution in [0.4, 0.5) is 0 Å². The summed E-state index contributed by atoms with van der Waals surface area (Å²) in [7, 11) is 2.20. The average molecular weight is 344 g/mol. The summed E-state index contributed by atoms with van der Waals surface area (Å²) in [4.78, 5) is 17.9. The van der Waals surface area contributed by atoms with Crippen LogP contribution >= 0.6 is 0 Å². The zero-order chi connectivity index (χ0) is 17.9. The first kappa shape index (κ1) is 18.4. The first-order valence-corrected chi connectivity index (χ1v) is 9.76. The van der Waals surface area contributed by atoms with Gasteiger partial charge in [-0.05, 0) is 71.8 Å². The Hall–Kier alpha value is -1.39. The van der Waals surface area contributed by atoms with Crippen LogP contribution in [0.1, 0.15) is 45.1 Å². The van der Waals surface area contributed by atoms with Crippen molar-refractivity contribution in [2.24, 2.45) is 5.92 Å².